The van der Waals surface area contributed by atoms with E-state index in [0.717, 1.165) is 40.0 Å². The van der Waals surface area contributed by atoms with Gasteiger partial charge in [-0.05, 0) is 123 Å². The normalized spacial score (nSPS) is 14.5. The SMILES string of the molecule is Cc1c(C)c(S(=O)(=O)NC(N)=NCCC[C@H](NC(=O)c2ccc(Cc3ccccc3-c3ccccc3C(C)C)[nH]c2=O)C(=O)O)c(C)c2c1OC(C)(C)CC2. The van der Waals surface area contributed by atoms with E-state index in [0.29, 0.717) is 35.6 Å². The van der Waals surface area contributed by atoms with Gasteiger partial charge >= 0.3 is 5.97 Å². The van der Waals surface area contributed by atoms with Crippen molar-refractivity contribution in [3.05, 3.63) is 116 Å². The van der Waals surface area contributed by atoms with E-state index in [4.69, 9.17) is 10.5 Å². The molecule has 0 saturated carbocycles. The third-order valence-electron chi connectivity index (χ3n) is 10.2. The predicted octanol–water partition coefficient (Wildman–Crippen LogP) is 6.04. The van der Waals surface area contributed by atoms with Crippen LogP contribution in [-0.4, -0.2) is 54.5 Å². The van der Waals surface area contributed by atoms with Crippen molar-refractivity contribution in [2.24, 2.45) is 10.7 Å². The minimum atomic E-state index is -4.11. The zero-order valence-corrected chi connectivity index (χ0v) is 33.3. The van der Waals surface area contributed by atoms with Crippen molar-refractivity contribution < 1.29 is 27.9 Å². The van der Waals surface area contributed by atoms with Gasteiger partial charge in [-0.1, -0.05) is 62.4 Å². The highest BCUT2D eigenvalue weighted by atomic mass is 32.2. The van der Waals surface area contributed by atoms with Gasteiger partial charge in [0.25, 0.3) is 21.5 Å². The maximum atomic E-state index is 13.5. The van der Waals surface area contributed by atoms with Crippen LogP contribution < -0.4 is 26.1 Å². The number of aliphatic carboxylic acids is 1. The highest BCUT2D eigenvalue weighted by Crippen LogP contribution is 2.42. The third-order valence-corrected chi connectivity index (χ3v) is 11.8. The molecule has 0 unspecified atom stereocenters. The van der Waals surface area contributed by atoms with E-state index in [1.54, 1.807) is 19.9 Å². The molecular formula is C42H51N5O7S. The number of H-pyrrole nitrogens is 1. The van der Waals surface area contributed by atoms with Crippen molar-refractivity contribution >= 4 is 27.9 Å². The number of carbonyl (C=O) groups is 2. The lowest BCUT2D eigenvalue weighted by molar-refractivity contribution is -0.139. The fourth-order valence-corrected chi connectivity index (χ4v) is 8.67. The molecule has 3 aromatic carbocycles. The first-order valence-electron chi connectivity index (χ1n) is 18.5. The lowest BCUT2D eigenvalue weighted by atomic mass is 9.88. The summed E-state index contributed by atoms with van der Waals surface area (Å²) in [6.07, 6.45) is 1.93. The summed E-state index contributed by atoms with van der Waals surface area (Å²) in [5.74, 6) is -1.44. The molecule has 5 rings (SSSR count). The lowest BCUT2D eigenvalue weighted by Gasteiger charge is -2.35. The molecule has 1 atom stereocenters. The quantitative estimate of drug-likeness (QED) is 0.0617. The van der Waals surface area contributed by atoms with Crippen LogP contribution in [0.4, 0.5) is 0 Å². The number of fused-ring (bicyclic) bond motifs is 1. The number of aromatic nitrogens is 1. The first kappa shape index (κ1) is 40.7. The summed E-state index contributed by atoms with van der Waals surface area (Å²) in [5, 5.41) is 12.3. The zero-order chi connectivity index (χ0) is 40.2. The molecule has 1 aliphatic rings. The summed E-state index contributed by atoms with van der Waals surface area (Å²) in [6.45, 7) is 13.6. The Balaban J connectivity index is 1.21. The molecule has 2 heterocycles. The first-order valence-corrected chi connectivity index (χ1v) is 20.0. The number of benzene rings is 3. The van der Waals surface area contributed by atoms with Gasteiger partial charge in [0.2, 0.25) is 5.96 Å². The standard InChI is InChI=1S/C42H51N5O7S/c1-24(2)30-14-10-11-16-33(30)32-15-9-8-13-28(32)23-29-18-19-34(38(48)45-29)39(49)46-35(40(50)51)17-12-22-44-41(43)47-55(52,53)37-26(4)25(3)36-31(27(37)5)20-21-42(6,7)54-36/h8-11,13-16,18-19,24,35H,12,17,20-23H2,1-7H3,(H,45,48)(H,46,49)(H,50,51)(H3,43,44,47)/t35-/m0/s1. The Labute approximate surface area is 322 Å². The maximum absolute atomic E-state index is 13.5. The number of nitrogens with two attached hydrogens (primary N) is 1. The molecule has 0 aliphatic carbocycles. The molecule has 292 valence electrons. The smallest absolute Gasteiger partial charge is 0.326 e. The number of hydrogen-bond acceptors (Lipinski definition) is 7. The second kappa shape index (κ2) is 16.5. The minimum absolute atomic E-state index is 0.0174. The maximum Gasteiger partial charge on any atom is 0.326 e. The van der Waals surface area contributed by atoms with Gasteiger partial charge in [-0.25, -0.2) is 17.9 Å². The Morgan fingerprint density at radius 2 is 1.65 bits per heavy atom. The largest absolute Gasteiger partial charge is 0.487 e. The van der Waals surface area contributed by atoms with Crippen LogP contribution in [0.25, 0.3) is 11.1 Å². The summed E-state index contributed by atoms with van der Waals surface area (Å²) < 4.78 is 35.6. The van der Waals surface area contributed by atoms with Crippen LogP contribution >= 0.6 is 0 Å². The molecule has 4 aromatic rings. The summed E-state index contributed by atoms with van der Waals surface area (Å²) in [4.78, 5) is 45.3. The third kappa shape index (κ3) is 9.27. The van der Waals surface area contributed by atoms with Crippen LogP contribution in [0.2, 0.25) is 0 Å². The van der Waals surface area contributed by atoms with Crippen LogP contribution in [0.3, 0.4) is 0 Å². The number of nitrogens with one attached hydrogen (secondary N) is 3. The average Bonchev–Trinajstić information content (AvgIpc) is 3.11. The summed E-state index contributed by atoms with van der Waals surface area (Å²) in [6, 6.07) is 17.9. The Hall–Kier alpha value is -5.43. The number of guanidine groups is 1. The molecule has 1 aliphatic heterocycles. The minimum Gasteiger partial charge on any atom is -0.487 e. The van der Waals surface area contributed by atoms with Gasteiger partial charge < -0.3 is 25.9 Å². The van der Waals surface area contributed by atoms with Crippen LogP contribution in [0.1, 0.15) is 102 Å². The molecule has 1 amide bonds. The molecule has 0 spiro atoms. The molecule has 0 bridgehead atoms. The summed E-state index contributed by atoms with van der Waals surface area (Å²) >= 11 is 0. The molecule has 13 heteroatoms. The molecule has 0 saturated heterocycles. The van der Waals surface area contributed by atoms with Gasteiger partial charge in [0.15, 0.2) is 0 Å². The van der Waals surface area contributed by atoms with Crippen LogP contribution in [0.15, 0.2) is 75.3 Å². The van der Waals surface area contributed by atoms with Gasteiger partial charge in [-0.2, -0.15) is 0 Å². The van der Waals surface area contributed by atoms with Crippen molar-refractivity contribution in [2.45, 2.75) is 103 Å². The number of carbonyl (C=O) groups excluding carboxylic acids is 1. The molecule has 6 N–H and O–H groups in total. The topological polar surface area (TPSA) is 193 Å². The van der Waals surface area contributed by atoms with Crippen molar-refractivity contribution in [3.8, 4) is 16.9 Å². The van der Waals surface area contributed by atoms with Crippen LogP contribution in [-0.2, 0) is 27.7 Å². The van der Waals surface area contributed by atoms with Gasteiger partial charge in [-0.3, -0.25) is 14.6 Å². The number of aromatic amines is 1. The fourth-order valence-electron chi connectivity index (χ4n) is 7.14. The Kier molecular flexibility index (Phi) is 12.2. The lowest BCUT2D eigenvalue weighted by Crippen LogP contribution is -2.42. The highest BCUT2D eigenvalue weighted by molar-refractivity contribution is 7.90. The van der Waals surface area contributed by atoms with Crippen LogP contribution in [0.5, 0.6) is 5.75 Å². The Morgan fingerprint density at radius 3 is 2.33 bits per heavy atom. The van der Waals surface area contributed by atoms with E-state index in [1.165, 1.54) is 11.6 Å². The van der Waals surface area contributed by atoms with Gasteiger partial charge in [0, 0.05) is 18.7 Å². The molecule has 1 aromatic heterocycles. The molecule has 12 nitrogen and oxygen atoms in total. The second-order valence-corrected chi connectivity index (χ2v) is 16.7. The number of pyridine rings is 1. The molecule has 0 radical (unpaired) electrons. The van der Waals surface area contributed by atoms with Crippen LogP contribution in [0, 0.1) is 20.8 Å². The van der Waals surface area contributed by atoms with E-state index >= 15 is 0 Å². The number of hydrogen-bond donors (Lipinski definition) is 5. The molecule has 0 fully saturated rings. The van der Waals surface area contributed by atoms with Crippen molar-refractivity contribution in [1.29, 1.82) is 0 Å². The second-order valence-electron chi connectivity index (χ2n) is 15.1. The number of rotatable bonds is 13. The number of nitrogens with zero attached hydrogens (tertiary/aromatic N) is 1. The molecule has 55 heavy (non-hydrogen) atoms. The predicted molar refractivity (Wildman–Crippen MR) is 214 cm³/mol. The number of aliphatic imine (C=N–C) groups is 1. The van der Waals surface area contributed by atoms with Crippen molar-refractivity contribution in [2.75, 3.05) is 6.54 Å². The van der Waals surface area contributed by atoms with E-state index in [2.05, 4.69) is 52.1 Å². The van der Waals surface area contributed by atoms with E-state index in [-0.39, 0.29) is 41.4 Å². The monoisotopic (exact) mass is 769 g/mol. The highest BCUT2D eigenvalue weighted by Gasteiger charge is 2.33. The van der Waals surface area contributed by atoms with E-state index in [9.17, 15) is 27.9 Å². The van der Waals surface area contributed by atoms with Gasteiger partial charge in [0.1, 0.15) is 23.0 Å². The molecular weight excluding hydrogens is 719 g/mol. The zero-order valence-electron chi connectivity index (χ0n) is 32.5. The Morgan fingerprint density at radius 1 is 0.982 bits per heavy atom. The van der Waals surface area contributed by atoms with E-state index < -0.39 is 33.5 Å². The summed E-state index contributed by atoms with van der Waals surface area (Å²) in [7, 11) is -4.11. The fraction of sp³-hybridized carbons (Fsp3) is 0.381. The van der Waals surface area contributed by atoms with Gasteiger partial charge in [0.05, 0.1) is 4.90 Å². The van der Waals surface area contributed by atoms with Crippen molar-refractivity contribution in [3.63, 3.8) is 0 Å². The average molecular weight is 770 g/mol. The number of sulfonamides is 1. The van der Waals surface area contributed by atoms with Crippen molar-refractivity contribution in [1.82, 2.24) is 15.0 Å². The number of ether oxygens (including phenoxy) is 1. The number of amides is 1. The van der Waals surface area contributed by atoms with Gasteiger partial charge in [-0.15, -0.1) is 0 Å². The number of carboxylic acids is 1. The Bertz CT molecular complexity index is 2310. The first-order chi connectivity index (χ1) is 25.9. The number of carboxylic acid groups (broad SMARTS) is 1. The van der Waals surface area contributed by atoms with E-state index in [1.807, 2.05) is 51.1 Å². The summed E-state index contributed by atoms with van der Waals surface area (Å²) in [5.41, 5.74) is 12.5.